The molecule has 1 amide bonds. The lowest BCUT2D eigenvalue weighted by Crippen LogP contribution is -2.44. The van der Waals surface area contributed by atoms with Gasteiger partial charge in [0.25, 0.3) is 5.91 Å². The molecule has 3 rings (SSSR count). The van der Waals surface area contributed by atoms with Crippen LogP contribution in [0.3, 0.4) is 0 Å². The van der Waals surface area contributed by atoms with Crippen LogP contribution >= 0.6 is 11.6 Å². The second kappa shape index (κ2) is 8.11. The molecule has 0 aromatic heterocycles. The predicted octanol–water partition coefficient (Wildman–Crippen LogP) is 4.47. The summed E-state index contributed by atoms with van der Waals surface area (Å²) in [6.07, 6.45) is 0. The molecule has 2 aromatic rings. The van der Waals surface area contributed by atoms with Gasteiger partial charge in [0.2, 0.25) is 0 Å². The lowest BCUT2D eigenvalue weighted by molar-refractivity contribution is 0.102. The van der Waals surface area contributed by atoms with E-state index in [0.29, 0.717) is 22.2 Å². The van der Waals surface area contributed by atoms with Crippen molar-refractivity contribution in [2.45, 2.75) is 19.8 Å². The Labute approximate surface area is 160 Å². The van der Waals surface area contributed by atoms with E-state index in [-0.39, 0.29) is 5.91 Å². The summed E-state index contributed by atoms with van der Waals surface area (Å²) >= 11 is 6.48. The number of rotatable bonds is 4. The number of carbonyl (C=O) groups is 1. The molecule has 1 aliphatic heterocycles. The molecule has 0 saturated carbocycles. The molecule has 4 nitrogen and oxygen atoms in total. The summed E-state index contributed by atoms with van der Waals surface area (Å²) in [7, 11) is 2.13. The predicted molar refractivity (Wildman–Crippen MR) is 110 cm³/mol. The molecule has 0 radical (unpaired) electrons. The van der Waals surface area contributed by atoms with Crippen LogP contribution < -0.4 is 10.2 Å². The van der Waals surface area contributed by atoms with Crippen LogP contribution in [0, 0.1) is 0 Å². The molecule has 0 spiro atoms. The summed E-state index contributed by atoms with van der Waals surface area (Å²) in [5.41, 5.74) is 3.61. The number of carbonyl (C=O) groups excluding carboxylic acids is 1. The van der Waals surface area contributed by atoms with Gasteiger partial charge in [0, 0.05) is 37.4 Å². The summed E-state index contributed by atoms with van der Waals surface area (Å²) in [6.45, 7) is 8.26. The number of benzene rings is 2. The van der Waals surface area contributed by atoms with Gasteiger partial charge in [0.05, 0.1) is 10.7 Å². The Morgan fingerprint density at radius 2 is 1.69 bits per heavy atom. The van der Waals surface area contributed by atoms with Gasteiger partial charge < -0.3 is 15.1 Å². The molecule has 0 aliphatic carbocycles. The fourth-order valence-corrected chi connectivity index (χ4v) is 3.41. The van der Waals surface area contributed by atoms with E-state index in [2.05, 4.69) is 36.0 Å². The average molecular weight is 372 g/mol. The largest absolute Gasteiger partial charge is 0.368 e. The topological polar surface area (TPSA) is 35.6 Å². The first-order chi connectivity index (χ1) is 12.4. The summed E-state index contributed by atoms with van der Waals surface area (Å²) in [4.78, 5) is 17.1. The molecule has 2 aromatic carbocycles. The van der Waals surface area contributed by atoms with Crippen molar-refractivity contribution in [1.82, 2.24) is 4.90 Å². The van der Waals surface area contributed by atoms with Gasteiger partial charge in [-0.1, -0.05) is 37.6 Å². The van der Waals surface area contributed by atoms with E-state index in [1.54, 1.807) is 0 Å². The van der Waals surface area contributed by atoms with Crippen molar-refractivity contribution in [3.8, 4) is 0 Å². The van der Waals surface area contributed by atoms with E-state index in [1.807, 2.05) is 42.5 Å². The van der Waals surface area contributed by atoms with Crippen LogP contribution in [0.5, 0.6) is 0 Å². The zero-order valence-corrected chi connectivity index (χ0v) is 16.4. The normalized spacial score (nSPS) is 15.3. The fraction of sp³-hybridized carbons (Fsp3) is 0.381. The van der Waals surface area contributed by atoms with Crippen LogP contribution in [0.4, 0.5) is 11.4 Å². The second-order valence-electron chi connectivity index (χ2n) is 7.19. The van der Waals surface area contributed by atoms with E-state index in [0.717, 1.165) is 31.9 Å². The Balaban J connectivity index is 1.68. The summed E-state index contributed by atoms with van der Waals surface area (Å²) in [6, 6.07) is 13.5. The van der Waals surface area contributed by atoms with Crippen LogP contribution in [0.2, 0.25) is 5.02 Å². The molecule has 1 heterocycles. The van der Waals surface area contributed by atoms with Crippen LogP contribution in [-0.2, 0) is 0 Å². The molecule has 5 heteroatoms. The minimum atomic E-state index is -0.122. The van der Waals surface area contributed by atoms with Gasteiger partial charge in [0.1, 0.15) is 0 Å². The molecular weight excluding hydrogens is 346 g/mol. The zero-order valence-electron chi connectivity index (χ0n) is 15.6. The van der Waals surface area contributed by atoms with E-state index in [4.69, 9.17) is 11.6 Å². The maximum absolute atomic E-state index is 12.5. The Kier molecular flexibility index (Phi) is 5.84. The summed E-state index contributed by atoms with van der Waals surface area (Å²) in [5, 5.41) is 3.60. The van der Waals surface area contributed by atoms with Gasteiger partial charge in [-0.3, -0.25) is 4.79 Å². The monoisotopic (exact) mass is 371 g/mol. The van der Waals surface area contributed by atoms with Crippen molar-refractivity contribution in [3.05, 3.63) is 58.6 Å². The maximum atomic E-state index is 12.5. The minimum absolute atomic E-state index is 0.122. The highest BCUT2D eigenvalue weighted by Crippen LogP contribution is 2.29. The molecule has 0 bridgehead atoms. The highest BCUT2D eigenvalue weighted by molar-refractivity contribution is 6.33. The number of hydrogen-bond donors (Lipinski definition) is 1. The Bertz CT molecular complexity index is 765. The maximum Gasteiger partial charge on any atom is 0.255 e. The van der Waals surface area contributed by atoms with Gasteiger partial charge in [-0.05, 0) is 48.9 Å². The summed E-state index contributed by atoms with van der Waals surface area (Å²) in [5.74, 6) is 0.330. The molecule has 0 atom stereocenters. The molecule has 1 N–H and O–H groups in total. The SMILES string of the molecule is CC(C)c1ccc(C(=O)Nc2ccc(N3CCN(C)CC3)c(Cl)c2)cc1. The van der Waals surface area contributed by atoms with Crippen LogP contribution in [-0.4, -0.2) is 44.0 Å². The van der Waals surface area contributed by atoms with E-state index < -0.39 is 0 Å². The van der Waals surface area contributed by atoms with E-state index >= 15 is 0 Å². The second-order valence-corrected chi connectivity index (χ2v) is 7.59. The molecular formula is C21H26ClN3O. The molecule has 1 fully saturated rings. The fourth-order valence-electron chi connectivity index (χ4n) is 3.11. The van der Waals surface area contributed by atoms with Gasteiger partial charge in [-0.15, -0.1) is 0 Å². The minimum Gasteiger partial charge on any atom is -0.368 e. The van der Waals surface area contributed by atoms with Crippen molar-refractivity contribution in [1.29, 1.82) is 0 Å². The first-order valence-electron chi connectivity index (χ1n) is 9.08. The van der Waals surface area contributed by atoms with Gasteiger partial charge in [0.15, 0.2) is 0 Å². The van der Waals surface area contributed by atoms with Gasteiger partial charge in [-0.2, -0.15) is 0 Å². The Morgan fingerprint density at radius 1 is 1.04 bits per heavy atom. The highest BCUT2D eigenvalue weighted by Gasteiger charge is 2.17. The number of nitrogens with zero attached hydrogens (tertiary/aromatic N) is 2. The molecule has 26 heavy (non-hydrogen) atoms. The number of piperazine rings is 1. The first-order valence-corrected chi connectivity index (χ1v) is 9.46. The number of likely N-dealkylation sites (N-methyl/N-ethyl adjacent to an activating group) is 1. The molecule has 138 valence electrons. The van der Waals surface area contributed by atoms with Crippen molar-refractivity contribution in [3.63, 3.8) is 0 Å². The number of anilines is 2. The average Bonchev–Trinajstić information content (AvgIpc) is 2.63. The van der Waals surface area contributed by atoms with Crippen molar-refractivity contribution < 1.29 is 4.79 Å². The molecule has 1 saturated heterocycles. The zero-order chi connectivity index (χ0) is 18.7. The lowest BCUT2D eigenvalue weighted by Gasteiger charge is -2.34. The van der Waals surface area contributed by atoms with Crippen LogP contribution in [0.25, 0.3) is 0 Å². The van der Waals surface area contributed by atoms with Crippen molar-refractivity contribution in [2.75, 3.05) is 43.4 Å². The van der Waals surface area contributed by atoms with Crippen LogP contribution in [0.1, 0.15) is 35.7 Å². The molecule has 1 aliphatic rings. The number of amides is 1. The highest BCUT2D eigenvalue weighted by atomic mass is 35.5. The number of hydrogen-bond acceptors (Lipinski definition) is 3. The Hall–Kier alpha value is -2.04. The van der Waals surface area contributed by atoms with Gasteiger partial charge >= 0.3 is 0 Å². The standard InChI is InChI=1S/C21H26ClN3O/c1-15(2)16-4-6-17(7-5-16)21(26)23-18-8-9-20(19(22)14-18)25-12-10-24(3)11-13-25/h4-9,14-15H,10-13H2,1-3H3,(H,23,26). The lowest BCUT2D eigenvalue weighted by atomic mass is 10.0. The number of halogens is 1. The van der Waals surface area contributed by atoms with Crippen molar-refractivity contribution in [2.24, 2.45) is 0 Å². The van der Waals surface area contributed by atoms with Gasteiger partial charge in [-0.25, -0.2) is 0 Å². The molecule has 0 unspecified atom stereocenters. The van der Waals surface area contributed by atoms with Crippen molar-refractivity contribution >= 4 is 28.9 Å². The number of nitrogens with one attached hydrogen (secondary N) is 1. The third kappa shape index (κ3) is 4.37. The van der Waals surface area contributed by atoms with Crippen LogP contribution in [0.15, 0.2) is 42.5 Å². The summed E-state index contributed by atoms with van der Waals surface area (Å²) < 4.78 is 0. The van der Waals surface area contributed by atoms with E-state index in [1.165, 1.54) is 5.56 Å². The quantitative estimate of drug-likeness (QED) is 0.861. The smallest absolute Gasteiger partial charge is 0.255 e. The third-order valence-corrected chi connectivity index (χ3v) is 5.19. The van der Waals surface area contributed by atoms with E-state index in [9.17, 15) is 4.79 Å². The Morgan fingerprint density at radius 3 is 2.27 bits per heavy atom. The third-order valence-electron chi connectivity index (χ3n) is 4.89. The first kappa shape index (κ1) is 18.7.